The molecule has 1 fully saturated rings. The first-order valence-corrected chi connectivity index (χ1v) is 12.8. The molecular formula is C28H36O4S. The maximum atomic E-state index is 13.0. The second-order valence-corrected chi connectivity index (χ2v) is 9.75. The number of hydrogen-bond donors (Lipinski definition) is 0. The molecule has 33 heavy (non-hydrogen) atoms. The largest absolute Gasteiger partial charge is 0.497 e. The van der Waals surface area contributed by atoms with E-state index in [9.17, 15) is 4.79 Å². The van der Waals surface area contributed by atoms with Crippen molar-refractivity contribution in [1.29, 1.82) is 0 Å². The van der Waals surface area contributed by atoms with Crippen molar-refractivity contribution >= 4 is 17.7 Å². The molecule has 0 aromatic heterocycles. The summed E-state index contributed by atoms with van der Waals surface area (Å²) in [5, 5.41) is -0.248. The molecule has 1 saturated carbocycles. The highest BCUT2D eigenvalue weighted by molar-refractivity contribution is 8.00. The van der Waals surface area contributed by atoms with E-state index in [1.807, 2.05) is 49.4 Å². The van der Waals surface area contributed by atoms with Crippen LogP contribution in [0.15, 0.2) is 71.1 Å². The van der Waals surface area contributed by atoms with Gasteiger partial charge in [0, 0.05) is 10.8 Å². The fraction of sp³-hybridized carbons (Fsp3) is 0.464. The zero-order valence-corrected chi connectivity index (χ0v) is 20.8. The van der Waals surface area contributed by atoms with E-state index >= 15 is 0 Å². The van der Waals surface area contributed by atoms with Crippen molar-refractivity contribution < 1.29 is 19.0 Å². The van der Waals surface area contributed by atoms with Gasteiger partial charge in [0.1, 0.15) is 11.0 Å². The van der Waals surface area contributed by atoms with Crippen molar-refractivity contribution in [3.05, 3.63) is 71.8 Å². The molecule has 5 heteroatoms. The summed E-state index contributed by atoms with van der Waals surface area (Å²) in [5.41, 5.74) is 2.56. The van der Waals surface area contributed by atoms with Crippen LogP contribution in [0.2, 0.25) is 0 Å². The summed E-state index contributed by atoms with van der Waals surface area (Å²) in [5.74, 6) is 1.17. The van der Waals surface area contributed by atoms with Crippen LogP contribution in [0.1, 0.15) is 45.1 Å². The lowest BCUT2D eigenvalue weighted by Gasteiger charge is -2.32. The first-order valence-electron chi connectivity index (χ1n) is 11.9. The van der Waals surface area contributed by atoms with Gasteiger partial charge in [0.2, 0.25) is 0 Å². The second-order valence-electron chi connectivity index (χ2n) is 8.54. The first-order chi connectivity index (χ1) is 16.1. The van der Waals surface area contributed by atoms with Crippen molar-refractivity contribution in [1.82, 2.24) is 0 Å². The second kappa shape index (κ2) is 13.5. The number of methoxy groups -OCH3 is 1. The molecule has 0 radical (unpaired) electrons. The summed E-state index contributed by atoms with van der Waals surface area (Å²) in [6, 6.07) is 18.2. The fourth-order valence-electron chi connectivity index (χ4n) is 4.29. The van der Waals surface area contributed by atoms with Crippen LogP contribution in [0.4, 0.5) is 0 Å². The predicted molar refractivity (Wildman–Crippen MR) is 135 cm³/mol. The van der Waals surface area contributed by atoms with Crippen LogP contribution in [0, 0.1) is 11.8 Å². The highest BCUT2D eigenvalue weighted by Crippen LogP contribution is 2.41. The van der Waals surface area contributed by atoms with Crippen LogP contribution in [0.25, 0.3) is 0 Å². The van der Waals surface area contributed by atoms with Gasteiger partial charge in [0.05, 0.1) is 26.9 Å². The third-order valence-corrected chi connectivity index (χ3v) is 7.22. The van der Waals surface area contributed by atoms with Crippen LogP contribution >= 0.6 is 11.8 Å². The van der Waals surface area contributed by atoms with Crippen LogP contribution in [0.3, 0.4) is 0 Å². The van der Waals surface area contributed by atoms with Crippen LogP contribution < -0.4 is 4.74 Å². The average molecular weight is 469 g/mol. The van der Waals surface area contributed by atoms with Crippen molar-refractivity contribution in [2.24, 2.45) is 11.8 Å². The summed E-state index contributed by atoms with van der Waals surface area (Å²) in [6.45, 7) is 5.75. The molecule has 0 bridgehead atoms. The van der Waals surface area contributed by atoms with Gasteiger partial charge in [-0.1, -0.05) is 55.3 Å². The highest BCUT2D eigenvalue weighted by atomic mass is 32.2. The van der Waals surface area contributed by atoms with Gasteiger partial charge in [0.25, 0.3) is 0 Å². The van der Waals surface area contributed by atoms with Gasteiger partial charge in [-0.25, -0.2) is 0 Å². The van der Waals surface area contributed by atoms with E-state index < -0.39 is 0 Å². The van der Waals surface area contributed by atoms with Gasteiger partial charge < -0.3 is 14.2 Å². The molecule has 1 aliphatic rings. The standard InChI is InChI=1S/C28H36O4S/c1-4-32-28(29)27(33-25-16-14-24(30-3)15-17-25)26-13-9-8-12-23(26)18-21(2)19-31-20-22-10-6-5-7-11-22/h5-7,10-11,14-18,21,26-27H,4,8-9,12-13,19-20H2,1-3H3/b23-18+/t21-,26+,27+/m1/s1. The predicted octanol–water partition coefficient (Wildman–Crippen LogP) is 6.69. The Labute approximate surface area is 202 Å². The number of allylic oxidation sites excluding steroid dienone is 1. The maximum Gasteiger partial charge on any atom is 0.320 e. The van der Waals surface area contributed by atoms with E-state index in [0.29, 0.717) is 19.8 Å². The van der Waals surface area contributed by atoms with Gasteiger partial charge in [-0.15, -0.1) is 11.8 Å². The number of carbonyl (C=O) groups excluding carboxylic acids is 1. The highest BCUT2D eigenvalue weighted by Gasteiger charge is 2.34. The van der Waals surface area contributed by atoms with Gasteiger partial charge in [0.15, 0.2) is 0 Å². The molecule has 0 unspecified atom stereocenters. The van der Waals surface area contributed by atoms with Gasteiger partial charge in [-0.2, -0.15) is 0 Å². The van der Waals surface area contributed by atoms with Crippen molar-refractivity contribution in [3.63, 3.8) is 0 Å². The molecule has 2 aromatic rings. The molecule has 0 saturated heterocycles. The molecule has 0 N–H and O–H groups in total. The summed E-state index contributed by atoms with van der Waals surface area (Å²) in [7, 11) is 1.66. The average Bonchev–Trinajstić information content (AvgIpc) is 2.84. The molecular weight excluding hydrogens is 432 g/mol. The molecule has 2 aromatic carbocycles. The lowest BCUT2D eigenvalue weighted by molar-refractivity contribution is -0.143. The molecule has 3 atom stereocenters. The van der Waals surface area contributed by atoms with Crippen molar-refractivity contribution in [3.8, 4) is 5.75 Å². The van der Waals surface area contributed by atoms with Crippen LogP contribution in [0.5, 0.6) is 5.75 Å². The lowest BCUT2D eigenvalue weighted by Crippen LogP contribution is -2.32. The molecule has 3 rings (SSSR count). The number of esters is 1. The summed E-state index contributed by atoms with van der Waals surface area (Å²) < 4.78 is 16.8. The topological polar surface area (TPSA) is 44.8 Å². The zero-order chi connectivity index (χ0) is 23.5. The summed E-state index contributed by atoms with van der Waals surface area (Å²) in [6.07, 6.45) is 6.70. The molecule has 0 amide bonds. The number of carbonyl (C=O) groups is 1. The Kier molecular flexibility index (Phi) is 10.4. The quantitative estimate of drug-likeness (QED) is 0.209. The van der Waals surface area contributed by atoms with Gasteiger partial charge >= 0.3 is 5.97 Å². The van der Waals surface area contributed by atoms with E-state index in [1.54, 1.807) is 18.9 Å². The Hall–Kier alpha value is -2.24. The molecule has 1 aliphatic carbocycles. The Morgan fingerprint density at radius 2 is 1.88 bits per heavy atom. The molecule has 4 nitrogen and oxygen atoms in total. The minimum atomic E-state index is -0.248. The molecule has 0 spiro atoms. The minimum Gasteiger partial charge on any atom is -0.497 e. The SMILES string of the molecule is CCOC(=O)[C@@H](Sc1ccc(OC)cc1)[C@H]1CCCC/C1=C\[C@@H](C)COCc1ccccc1. The van der Waals surface area contributed by atoms with Crippen molar-refractivity contribution in [2.45, 2.75) is 56.3 Å². The van der Waals surface area contributed by atoms with E-state index in [0.717, 1.165) is 29.9 Å². The Bertz CT molecular complexity index is 879. The lowest BCUT2D eigenvalue weighted by atomic mass is 9.80. The molecule has 0 heterocycles. The van der Waals surface area contributed by atoms with E-state index in [-0.39, 0.29) is 23.1 Å². The zero-order valence-electron chi connectivity index (χ0n) is 20.0. The number of benzene rings is 2. The minimum absolute atomic E-state index is 0.121. The molecule has 0 aliphatic heterocycles. The normalized spacial score (nSPS) is 19.1. The first kappa shape index (κ1) is 25.4. The monoisotopic (exact) mass is 468 g/mol. The summed E-state index contributed by atoms with van der Waals surface area (Å²) in [4.78, 5) is 14.1. The molecule has 178 valence electrons. The van der Waals surface area contributed by atoms with E-state index in [1.165, 1.54) is 17.6 Å². The number of ether oxygens (including phenoxy) is 3. The Morgan fingerprint density at radius 3 is 2.58 bits per heavy atom. The third-order valence-electron chi connectivity index (χ3n) is 5.90. The van der Waals surface area contributed by atoms with Crippen molar-refractivity contribution in [2.75, 3.05) is 20.3 Å². The fourth-order valence-corrected chi connectivity index (χ4v) is 5.51. The van der Waals surface area contributed by atoms with Crippen LogP contribution in [-0.4, -0.2) is 31.5 Å². The summed E-state index contributed by atoms with van der Waals surface area (Å²) >= 11 is 1.61. The smallest absolute Gasteiger partial charge is 0.320 e. The maximum absolute atomic E-state index is 13.0. The number of rotatable bonds is 11. The van der Waals surface area contributed by atoms with E-state index in [4.69, 9.17) is 14.2 Å². The Balaban J connectivity index is 1.70. The Morgan fingerprint density at radius 1 is 1.12 bits per heavy atom. The van der Waals surface area contributed by atoms with Gasteiger partial charge in [-0.05, 0) is 61.9 Å². The van der Waals surface area contributed by atoms with Gasteiger partial charge in [-0.3, -0.25) is 4.79 Å². The van der Waals surface area contributed by atoms with E-state index in [2.05, 4.69) is 25.1 Å². The number of hydrogen-bond acceptors (Lipinski definition) is 5. The van der Waals surface area contributed by atoms with Crippen LogP contribution in [-0.2, 0) is 20.9 Å². The third kappa shape index (κ3) is 7.94. The number of thioether (sulfide) groups is 1.